The van der Waals surface area contributed by atoms with Crippen molar-refractivity contribution in [2.24, 2.45) is 0 Å². The molecule has 1 aliphatic rings. The third kappa shape index (κ3) is 1.72. The zero-order valence-corrected chi connectivity index (χ0v) is 11.0. The standard InChI is InChI=1S/C12H13N7O/c1-8-7-9(15-20-8)10-3-2-6-18(10)12-5-4-11-13-16-17-19(11)14-12/h4-5,7,10H,2-3,6H2,1H3/t10-/m0/s1. The summed E-state index contributed by atoms with van der Waals surface area (Å²) in [6, 6.07) is 6.00. The fourth-order valence-electron chi connectivity index (χ4n) is 2.68. The molecule has 20 heavy (non-hydrogen) atoms. The lowest BCUT2D eigenvalue weighted by Crippen LogP contribution is -2.24. The molecule has 4 rings (SSSR count). The topological polar surface area (TPSA) is 85.2 Å². The molecule has 3 aromatic rings. The van der Waals surface area contributed by atoms with E-state index in [9.17, 15) is 0 Å². The highest BCUT2D eigenvalue weighted by molar-refractivity contribution is 5.46. The Hall–Kier alpha value is -2.51. The van der Waals surface area contributed by atoms with Crippen molar-refractivity contribution in [1.82, 2.24) is 30.4 Å². The fraction of sp³-hybridized carbons (Fsp3) is 0.417. The molecule has 1 atom stereocenters. The van der Waals surface area contributed by atoms with Crippen LogP contribution < -0.4 is 4.90 Å². The molecular weight excluding hydrogens is 258 g/mol. The summed E-state index contributed by atoms with van der Waals surface area (Å²) in [6.07, 6.45) is 2.15. The first-order chi connectivity index (χ1) is 9.81. The molecule has 0 bridgehead atoms. The average Bonchev–Trinajstić information content (AvgIpc) is 3.17. The Morgan fingerprint density at radius 1 is 1.35 bits per heavy atom. The maximum Gasteiger partial charge on any atom is 0.200 e. The minimum Gasteiger partial charge on any atom is -0.361 e. The van der Waals surface area contributed by atoms with Crippen LogP contribution in [-0.2, 0) is 0 Å². The molecule has 8 heteroatoms. The van der Waals surface area contributed by atoms with E-state index >= 15 is 0 Å². The molecule has 8 nitrogen and oxygen atoms in total. The van der Waals surface area contributed by atoms with Crippen LogP contribution in [0.15, 0.2) is 22.7 Å². The van der Waals surface area contributed by atoms with Gasteiger partial charge in [0.2, 0.25) is 0 Å². The summed E-state index contributed by atoms with van der Waals surface area (Å²) in [5, 5.41) is 19.9. The monoisotopic (exact) mass is 271 g/mol. The number of rotatable bonds is 2. The van der Waals surface area contributed by atoms with E-state index < -0.39 is 0 Å². The summed E-state index contributed by atoms with van der Waals surface area (Å²) in [6.45, 7) is 2.85. The van der Waals surface area contributed by atoms with E-state index in [-0.39, 0.29) is 6.04 Å². The van der Waals surface area contributed by atoms with Gasteiger partial charge in [-0.3, -0.25) is 0 Å². The molecule has 4 heterocycles. The highest BCUT2D eigenvalue weighted by atomic mass is 16.5. The molecular formula is C12H13N7O. The highest BCUT2D eigenvalue weighted by Crippen LogP contribution is 2.34. The lowest BCUT2D eigenvalue weighted by Gasteiger charge is -2.23. The van der Waals surface area contributed by atoms with Crippen LogP contribution >= 0.6 is 0 Å². The minimum atomic E-state index is 0.203. The number of hydrogen-bond acceptors (Lipinski definition) is 7. The predicted molar refractivity (Wildman–Crippen MR) is 69.1 cm³/mol. The molecule has 0 saturated carbocycles. The molecule has 0 aromatic carbocycles. The van der Waals surface area contributed by atoms with Crippen LogP contribution in [0.3, 0.4) is 0 Å². The van der Waals surface area contributed by atoms with Crippen LogP contribution in [0.25, 0.3) is 5.65 Å². The Balaban J connectivity index is 1.72. The quantitative estimate of drug-likeness (QED) is 0.691. The highest BCUT2D eigenvalue weighted by Gasteiger charge is 2.29. The molecule has 0 unspecified atom stereocenters. The number of anilines is 1. The first-order valence-corrected chi connectivity index (χ1v) is 6.56. The maximum absolute atomic E-state index is 5.18. The lowest BCUT2D eigenvalue weighted by atomic mass is 10.1. The van der Waals surface area contributed by atoms with Gasteiger partial charge < -0.3 is 9.42 Å². The van der Waals surface area contributed by atoms with E-state index in [0.29, 0.717) is 5.65 Å². The van der Waals surface area contributed by atoms with Crippen molar-refractivity contribution in [2.45, 2.75) is 25.8 Å². The van der Waals surface area contributed by atoms with Crippen molar-refractivity contribution in [1.29, 1.82) is 0 Å². The number of hydrogen-bond donors (Lipinski definition) is 0. The Bertz CT molecular complexity index is 749. The predicted octanol–water partition coefficient (Wildman–Crippen LogP) is 1.16. The van der Waals surface area contributed by atoms with E-state index in [0.717, 1.165) is 36.7 Å². The molecule has 0 N–H and O–H groups in total. The molecule has 102 valence electrons. The molecule has 1 fully saturated rings. The van der Waals surface area contributed by atoms with Crippen molar-refractivity contribution >= 4 is 11.5 Å². The summed E-state index contributed by atoms with van der Waals surface area (Å²) < 4.78 is 6.63. The zero-order valence-electron chi connectivity index (χ0n) is 11.0. The summed E-state index contributed by atoms with van der Waals surface area (Å²) in [5.74, 6) is 1.68. The minimum absolute atomic E-state index is 0.203. The second kappa shape index (κ2) is 4.26. The van der Waals surface area contributed by atoms with Crippen LogP contribution in [0, 0.1) is 6.92 Å². The maximum atomic E-state index is 5.18. The average molecular weight is 271 g/mol. The molecule has 1 saturated heterocycles. The second-order valence-electron chi connectivity index (χ2n) is 4.93. The lowest BCUT2D eigenvalue weighted by molar-refractivity contribution is 0.385. The van der Waals surface area contributed by atoms with E-state index in [1.54, 1.807) is 0 Å². The van der Waals surface area contributed by atoms with Gasteiger partial charge in [0.25, 0.3) is 0 Å². The summed E-state index contributed by atoms with van der Waals surface area (Å²) >= 11 is 0. The van der Waals surface area contributed by atoms with Crippen molar-refractivity contribution in [3.63, 3.8) is 0 Å². The molecule has 0 radical (unpaired) electrons. The van der Waals surface area contributed by atoms with E-state index in [2.05, 4.69) is 30.7 Å². The fourth-order valence-corrected chi connectivity index (χ4v) is 2.68. The Labute approximate surface area is 114 Å². The first kappa shape index (κ1) is 11.3. The number of aryl methyl sites for hydroxylation is 1. The Morgan fingerprint density at radius 2 is 2.30 bits per heavy atom. The molecule has 0 spiro atoms. The van der Waals surface area contributed by atoms with E-state index in [1.807, 2.05) is 25.1 Å². The molecule has 0 amide bonds. The van der Waals surface area contributed by atoms with Gasteiger partial charge in [0, 0.05) is 12.6 Å². The van der Waals surface area contributed by atoms with Gasteiger partial charge in [-0.15, -0.1) is 14.8 Å². The van der Waals surface area contributed by atoms with Gasteiger partial charge in [0.05, 0.1) is 6.04 Å². The summed E-state index contributed by atoms with van der Waals surface area (Å²) in [4.78, 5) is 2.22. The number of nitrogens with zero attached hydrogens (tertiary/aromatic N) is 7. The van der Waals surface area contributed by atoms with Gasteiger partial charge in [-0.1, -0.05) is 5.16 Å². The summed E-state index contributed by atoms with van der Waals surface area (Å²) in [7, 11) is 0. The summed E-state index contributed by atoms with van der Waals surface area (Å²) in [5.41, 5.74) is 1.60. The van der Waals surface area contributed by atoms with Crippen molar-refractivity contribution in [3.8, 4) is 0 Å². The van der Waals surface area contributed by atoms with E-state index in [4.69, 9.17) is 4.52 Å². The van der Waals surface area contributed by atoms with Gasteiger partial charge in [-0.25, -0.2) is 0 Å². The zero-order chi connectivity index (χ0) is 13.5. The molecule has 1 aliphatic heterocycles. The van der Waals surface area contributed by atoms with Crippen LogP contribution in [0.4, 0.5) is 5.82 Å². The Kier molecular flexibility index (Phi) is 2.41. The van der Waals surface area contributed by atoms with E-state index in [1.165, 1.54) is 4.63 Å². The van der Waals surface area contributed by atoms with Crippen LogP contribution in [0.2, 0.25) is 0 Å². The smallest absolute Gasteiger partial charge is 0.200 e. The normalized spacial score (nSPS) is 19.1. The van der Waals surface area contributed by atoms with Gasteiger partial charge >= 0.3 is 0 Å². The van der Waals surface area contributed by atoms with Gasteiger partial charge in [-0.2, -0.15) is 0 Å². The third-order valence-corrected chi connectivity index (χ3v) is 3.59. The number of tetrazole rings is 1. The number of fused-ring (bicyclic) bond motifs is 1. The number of aromatic nitrogens is 6. The van der Waals surface area contributed by atoms with Crippen molar-refractivity contribution in [2.75, 3.05) is 11.4 Å². The van der Waals surface area contributed by atoms with Crippen molar-refractivity contribution in [3.05, 3.63) is 29.7 Å². The SMILES string of the molecule is Cc1cc([C@@H]2CCCN2c2ccc3nnnn3n2)no1. The van der Waals surface area contributed by atoms with Crippen LogP contribution in [0.5, 0.6) is 0 Å². The second-order valence-corrected chi connectivity index (χ2v) is 4.93. The van der Waals surface area contributed by atoms with Gasteiger partial charge in [0.1, 0.15) is 11.5 Å². The Morgan fingerprint density at radius 3 is 3.15 bits per heavy atom. The largest absolute Gasteiger partial charge is 0.361 e. The molecule has 3 aromatic heterocycles. The molecule has 0 aliphatic carbocycles. The first-order valence-electron chi connectivity index (χ1n) is 6.56. The van der Waals surface area contributed by atoms with Gasteiger partial charge in [0.15, 0.2) is 11.5 Å². The van der Waals surface area contributed by atoms with Crippen molar-refractivity contribution < 1.29 is 4.52 Å². The van der Waals surface area contributed by atoms with Gasteiger partial charge in [-0.05, 0) is 42.3 Å². The third-order valence-electron chi connectivity index (χ3n) is 3.59. The van der Waals surface area contributed by atoms with Crippen LogP contribution in [0.1, 0.15) is 30.3 Å². The van der Waals surface area contributed by atoms with Crippen LogP contribution in [-0.4, -0.2) is 37.0 Å².